The standard InChI is InChI=1S/C22H31N3O2S/c1-13-10-16(15(3)24-28(27)21(4,5)6)18-17(11-13)19(26)25-14(2)12-22(8-7-9-22)20(25)23-18/h10-11,14-15,24H,7-9,12H2,1-6H3/t14-,15-,28-/m1/s1. The number of benzene rings is 1. The average molecular weight is 402 g/mol. The maximum atomic E-state index is 13.4. The topological polar surface area (TPSA) is 64.0 Å². The normalized spacial score (nSPS) is 22.9. The molecule has 1 aromatic carbocycles. The molecule has 2 aromatic rings. The minimum absolute atomic E-state index is 0.0744. The van der Waals surface area contributed by atoms with Crippen molar-refractivity contribution in [1.29, 1.82) is 0 Å². The smallest absolute Gasteiger partial charge is 0.261 e. The number of nitrogens with zero attached hydrogens (tertiary/aromatic N) is 2. The van der Waals surface area contributed by atoms with E-state index in [0.29, 0.717) is 5.39 Å². The summed E-state index contributed by atoms with van der Waals surface area (Å²) in [6.45, 7) is 12.0. The number of fused-ring (bicyclic) bond motifs is 3. The summed E-state index contributed by atoms with van der Waals surface area (Å²) in [6.07, 6.45) is 4.47. The van der Waals surface area contributed by atoms with Gasteiger partial charge in [0.15, 0.2) is 0 Å². The van der Waals surface area contributed by atoms with E-state index in [1.165, 1.54) is 6.42 Å². The highest BCUT2D eigenvalue weighted by molar-refractivity contribution is 7.84. The van der Waals surface area contributed by atoms with Crippen molar-refractivity contribution in [1.82, 2.24) is 14.3 Å². The first-order valence-corrected chi connectivity index (χ1v) is 11.4. The molecule has 152 valence electrons. The molecule has 1 aromatic heterocycles. The van der Waals surface area contributed by atoms with Crippen molar-refractivity contribution in [3.8, 4) is 0 Å². The van der Waals surface area contributed by atoms with Crippen LogP contribution in [0.2, 0.25) is 0 Å². The van der Waals surface area contributed by atoms with Crippen LogP contribution in [-0.2, 0) is 16.4 Å². The van der Waals surface area contributed by atoms with Gasteiger partial charge in [0.1, 0.15) is 5.82 Å². The Morgan fingerprint density at radius 2 is 2.00 bits per heavy atom. The Morgan fingerprint density at radius 1 is 1.32 bits per heavy atom. The van der Waals surface area contributed by atoms with Gasteiger partial charge in [-0.15, -0.1) is 0 Å². The fraction of sp³-hybridized carbons (Fsp3) is 0.636. The number of rotatable bonds is 3. The molecule has 3 atom stereocenters. The van der Waals surface area contributed by atoms with E-state index in [4.69, 9.17) is 4.98 Å². The van der Waals surface area contributed by atoms with E-state index in [0.717, 1.165) is 41.7 Å². The van der Waals surface area contributed by atoms with Crippen LogP contribution < -0.4 is 10.3 Å². The van der Waals surface area contributed by atoms with Gasteiger partial charge in [0.25, 0.3) is 5.56 Å². The molecule has 6 heteroatoms. The van der Waals surface area contributed by atoms with Gasteiger partial charge in [-0.2, -0.15) is 0 Å². The number of nitrogens with one attached hydrogen (secondary N) is 1. The van der Waals surface area contributed by atoms with Gasteiger partial charge < -0.3 is 0 Å². The molecule has 1 N–H and O–H groups in total. The van der Waals surface area contributed by atoms with Crippen molar-refractivity contribution >= 4 is 21.9 Å². The predicted molar refractivity (Wildman–Crippen MR) is 115 cm³/mol. The summed E-state index contributed by atoms with van der Waals surface area (Å²) >= 11 is 0. The van der Waals surface area contributed by atoms with Crippen LogP contribution in [0.5, 0.6) is 0 Å². The van der Waals surface area contributed by atoms with E-state index in [1.807, 2.05) is 45.3 Å². The number of aromatic nitrogens is 2. The molecule has 1 aliphatic heterocycles. The van der Waals surface area contributed by atoms with Crippen molar-refractivity contribution in [3.63, 3.8) is 0 Å². The number of aryl methyl sites for hydroxylation is 1. The van der Waals surface area contributed by atoms with Crippen LogP contribution >= 0.6 is 0 Å². The molecular weight excluding hydrogens is 370 g/mol. The quantitative estimate of drug-likeness (QED) is 0.838. The zero-order chi connectivity index (χ0) is 20.4. The van der Waals surface area contributed by atoms with Crippen LogP contribution in [0, 0.1) is 6.92 Å². The lowest BCUT2D eigenvalue weighted by molar-refractivity contribution is 0.230. The third-order valence-electron chi connectivity index (χ3n) is 6.40. The molecule has 2 heterocycles. The molecule has 2 aliphatic rings. The van der Waals surface area contributed by atoms with Crippen LogP contribution in [0.4, 0.5) is 0 Å². The Morgan fingerprint density at radius 3 is 2.57 bits per heavy atom. The van der Waals surface area contributed by atoms with Gasteiger partial charge in [-0.1, -0.05) is 12.5 Å². The van der Waals surface area contributed by atoms with Crippen molar-refractivity contribution in [3.05, 3.63) is 39.4 Å². The molecule has 1 spiro atoms. The molecule has 0 bridgehead atoms. The van der Waals surface area contributed by atoms with Gasteiger partial charge in [-0.25, -0.2) is 13.9 Å². The minimum atomic E-state index is -1.19. The molecule has 28 heavy (non-hydrogen) atoms. The molecule has 0 amide bonds. The van der Waals surface area contributed by atoms with Crippen LogP contribution in [0.3, 0.4) is 0 Å². The summed E-state index contributed by atoms with van der Waals surface area (Å²) in [5.74, 6) is 0.970. The monoisotopic (exact) mass is 401 g/mol. The molecule has 1 saturated carbocycles. The molecular formula is C22H31N3O2S. The summed E-state index contributed by atoms with van der Waals surface area (Å²) in [5, 5.41) is 0.678. The van der Waals surface area contributed by atoms with Crippen LogP contribution in [0.15, 0.2) is 16.9 Å². The summed E-state index contributed by atoms with van der Waals surface area (Å²) < 4.78 is 17.4. The lowest BCUT2D eigenvalue weighted by Gasteiger charge is -2.37. The maximum absolute atomic E-state index is 13.4. The average Bonchev–Trinajstić information content (AvgIpc) is 2.87. The van der Waals surface area contributed by atoms with E-state index in [2.05, 4.69) is 17.7 Å². The van der Waals surface area contributed by atoms with E-state index in [1.54, 1.807) is 0 Å². The lowest BCUT2D eigenvalue weighted by Crippen LogP contribution is -2.36. The predicted octanol–water partition coefficient (Wildman–Crippen LogP) is 4.20. The zero-order valence-electron chi connectivity index (χ0n) is 17.8. The summed E-state index contributed by atoms with van der Waals surface area (Å²) in [7, 11) is -1.19. The van der Waals surface area contributed by atoms with Crippen LogP contribution in [0.25, 0.3) is 10.9 Å². The molecule has 0 radical (unpaired) electrons. The highest BCUT2D eigenvalue weighted by Gasteiger charge is 2.49. The Labute approximate surface area is 169 Å². The molecule has 1 aliphatic carbocycles. The van der Waals surface area contributed by atoms with E-state index in [9.17, 15) is 9.00 Å². The van der Waals surface area contributed by atoms with Gasteiger partial charge >= 0.3 is 0 Å². The Balaban J connectivity index is 1.89. The summed E-state index contributed by atoms with van der Waals surface area (Å²) in [5.41, 5.74) is 2.92. The molecule has 4 rings (SSSR count). The summed E-state index contributed by atoms with van der Waals surface area (Å²) in [4.78, 5) is 18.5. The number of hydrogen-bond acceptors (Lipinski definition) is 3. The van der Waals surface area contributed by atoms with Crippen molar-refractivity contribution < 1.29 is 4.21 Å². The fourth-order valence-electron chi connectivity index (χ4n) is 4.77. The maximum Gasteiger partial charge on any atom is 0.261 e. The Kier molecular flexibility index (Phi) is 4.58. The number of hydrogen-bond donors (Lipinski definition) is 1. The molecule has 5 nitrogen and oxygen atoms in total. The first-order valence-electron chi connectivity index (χ1n) is 10.3. The van der Waals surface area contributed by atoms with Gasteiger partial charge in [-0.05, 0) is 78.0 Å². The summed E-state index contributed by atoms with van der Waals surface area (Å²) in [6, 6.07) is 4.07. The second kappa shape index (κ2) is 6.49. The van der Waals surface area contributed by atoms with Gasteiger partial charge in [0.2, 0.25) is 0 Å². The van der Waals surface area contributed by atoms with Crippen molar-refractivity contribution in [2.24, 2.45) is 0 Å². The second-order valence-electron chi connectivity index (χ2n) is 9.77. The van der Waals surface area contributed by atoms with Crippen LogP contribution in [-0.4, -0.2) is 18.5 Å². The minimum Gasteiger partial charge on any atom is -0.293 e. The van der Waals surface area contributed by atoms with Gasteiger partial charge in [-0.3, -0.25) is 9.36 Å². The second-order valence-corrected chi connectivity index (χ2v) is 11.8. The van der Waals surface area contributed by atoms with Crippen molar-refractivity contribution in [2.75, 3.05) is 0 Å². The van der Waals surface area contributed by atoms with Crippen molar-refractivity contribution in [2.45, 2.75) is 89.5 Å². The van der Waals surface area contributed by atoms with Gasteiger partial charge in [0, 0.05) is 17.5 Å². The van der Waals surface area contributed by atoms with E-state index >= 15 is 0 Å². The molecule has 1 fully saturated rings. The molecule has 0 unspecified atom stereocenters. The largest absolute Gasteiger partial charge is 0.293 e. The van der Waals surface area contributed by atoms with E-state index in [-0.39, 0.29) is 27.8 Å². The lowest BCUT2D eigenvalue weighted by atomic mass is 9.66. The Bertz CT molecular complexity index is 1030. The third-order valence-corrected chi connectivity index (χ3v) is 8.08. The highest BCUT2D eigenvalue weighted by Crippen LogP contribution is 2.52. The van der Waals surface area contributed by atoms with Gasteiger partial charge in [0.05, 0.1) is 26.6 Å². The first-order chi connectivity index (χ1) is 13.0. The first kappa shape index (κ1) is 19.8. The zero-order valence-corrected chi connectivity index (χ0v) is 18.6. The van der Waals surface area contributed by atoms with E-state index < -0.39 is 11.0 Å². The SMILES string of the molecule is Cc1cc([C@@H](C)N[S@](=O)C(C)(C)C)c2nc3n(c(=O)c2c1)[C@H](C)CC31CCC1. The fourth-order valence-corrected chi connectivity index (χ4v) is 5.58. The highest BCUT2D eigenvalue weighted by atomic mass is 32.2. The van der Waals surface area contributed by atoms with Crippen LogP contribution in [0.1, 0.15) is 89.3 Å². The molecule has 0 saturated heterocycles. The third kappa shape index (κ3) is 2.96. The Hall–Kier alpha value is -1.53.